The van der Waals surface area contributed by atoms with E-state index in [9.17, 15) is 13.2 Å². The van der Waals surface area contributed by atoms with Crippen molar-refractivity contribution < 1.29 is 21.8 Å². The van der Waals surface area contributed by atoms with Gasteiger partial charge < -0.3 is 18.4 Å². The third-order valence-electron chi connectivity index (χ3n) is 5.21. The Labute approximate surface area is 179 Å². The van der Waals surface area contributed by atoms with Crippen molar-refractivity contribution in [3.63, 3.8) is 0 Å². The molecule has 0 bridgehead atoms. The quantitative estimate of drug-likeness (QED) is 0.489. The highest BCUT2D eigenvalue weighted by Gasteiger charge is 2.25. The van der Waals surface area contributed by atoms with E-state index in [4.69, 9.17) is 8.60 Å². The summed E-state index contributed by atoms with van der Waals surface area (Å²) < 4.78 is 35.1. The average molecular weight is 437 g/mol. The lowest BCUT2D eigenvalue weighted by atomic mass is 10.1. The Morgan fingerprint density at radius 1 is 1.13 bits per heavy atom. The number of anilines is 1. The molecule has 2 rings (SSSR count). The summed E-state index contributed by atoms with van der Waals surface area (Å²) in [6.45, 7) is 11.3. The minimum absolute atomic E-state index is 0.0688. The minimum atomic E-state index is -3.72. The molecule has 0 spiro atoms. The molecule has 8 heteroatoms. The Morgan fingerprint density at radius 2 is 1.83 bits per heavy atom. The molecule has 0 N–H and O–H groups in total. The molecule has 7 nitrogen and oxygen atoms in total. The van der Waals surface area contributed by atoms with Crippen molar-refractivity contribution >= 4 is 21.7 Å². The van der Waals surface area contributed by atoms with Crippen molar-refractivity contribution in [2.45, 2.75) is 53.6 Å². The van der Waals surface area contributed by atoms with E-state index in [1.165, 1.54) is 13.2 Å². The van der Waals surface area contributed by atoms with E-state index in [1.54, 1.807) is 23.1 Å². The summed E-state index contributed by atoms with van der Waals surface area (Å²) in [7, 11) is -3.72. The van der Waals surface area contributed by atoms with Crippen LogP contribution in [0.4, 0.5) is 5.69 Å². The van der Waals surface area contributed by atoms with Crippen LogP contribution in [0.25, 0.3) is 0 Å². The first-order valence-corrected chi connectivity index (χ1v) is 12.0. The predicted molar refractivity (Wildman–Crippen MR) is 118 cm³/mol. The second-order valence-corrected chi connectivity index (χ2v) is 8.92. The van der Waals surface area contributed by atoms with E-state index < -0.39 is 10.1 Å². The fourth-order valence-corrected chi connectivity index (χ4v) is 3.65. The maximum atomic E-state index is 13.0. The summed E-state index contributed by atoms with van der Waals surface area (Å²) in [6.07, 6.45) is 2.21. The summed E-state index contributed by atoms with van der Waals surface area (Å²) in [5.74, 6) is 0.120. The van der Waals surface area contributed by atoms with Crippen LogP contribution in [0, 0.1) is 0 Å². The van der Waals surface area contributed by atoms with Crippen LogP contribution in [0.2, 0.25) is 0 Å². The third-order valence-corrected chi connectivity index (χ3v) is 6.35. The van der Waals surface area contributed by atoms with Crippen LogP contribution in [0.1, 0.15) is 57.2 Å². The first-order valence-electron chi connectivity index (χ1n) is 10.4. The van der Waals surface area contributed by atoms with Gasteiger partial charge >= 0.3 is 10.1 Å². The van der Waals surface area contributed by atoms with Crippen LogP contribution >= 0.6 is 0 Å². The van der Waals surface area contributed by atoms with Crippen molar-refractivity contribution in [2.75, 3.05) is 23.7 Å². The van der Waals surface area contributed by atoms with Crippen molar-refractivity contribution in [1.29, 1.82) is 0 Å². The van der Waals surface area contributed by atoms with E-state index in [-0.39, 0.29) is 35.8 Å². The van der Waals surface area contributed by atoms with Gasteiger partial charge in [-0.05, 0) is 52.3 Å². The Morgan fingerprint density at radius 3 is 2.37 bits per heavy atom. The van der Waals surface area contributed by atoms with E-state index in [0.717, 1.165) is 25.2 Å². The molecule has 1 unspecified atom stereocenters. The fourth-order valence-electron chi connectivity index (χ4n) is 3.11. The lowest BCUT2D eigenvalue weighted by Gasteiger charge is -2.29. The van der Waals surface area contributed by atoms with Gasteiger partial charge in [0, 0.05) is 36.4 Å². The molecule has 1 aromatic heterocycles. The van der Waals surface area contributed by atoms with Gasteiger partial charge in [-0.25, -0.2) is 0 Å². The Hall–Kier alpha value is -2.48. The number of hydrogen-bond acceptors (Lipinski definition) is 6. The maximum absolute atomic E-state index is 13.0. The van der Waals surface area contributed by atoms with Gasteiger partial charge in [-0.1, -0.05) is 13.0 Å². The van der Waals surface area contributed by atoms with Crippen molar-refractivity contribution in [2.24, 2.45) is 0 Å². The second kappa shape index (κ2) is 10.5. The molecule has 0 radical (unpaired) electrons. The standard InChI is InChI=1S/C22H32N2O5S/c1-6-17(5)24(22(25)20-11-10-14-28-20)16-18-12-13-19(23(7-2)8-3)15-21(18)29-30(26,27)9-4/h10-15,17H,6-9,16H2,1-5H3. The zero-order chi connectivity index (χ0) is 22.3. The van der Waals surface area contributed by atoms with E-state index in [2.05, 4.69) is 4.90 Å². The molecule has 166 valence electrons. The SMILES string of the molecule is CCC(C)N(Cc1ccc(N(CC)CC)cc1OS(=O)(=O)CC)C(=O)c1ccco1. The zero-order valence-electron chi connectivity index (χ0n) is 18.4. The number of carbonyl (C=O) groups is 1. The molecule has 1 atom stereocenters. The van der Waals surface area contributed by atoms with Crippen molar-refractivity contribution in [1.82, 2.24) is 4.90 Å². The normalized spacial score (nSPS) is 12.4. The Bertz CT molecular complexity index is 921. The van der Waals surface area contributed by atoms with Crippen LogP contribution in [0.15, 0.2) is 41.0 Å². The highest BCUT2D eigenvalue weighted by molar-refractivity contribution is 7.87. The van der Waals surface area contributed by atoms with Crippen LogP contribution in [0.5, 0.6) is 5.75 Å². The van der Waals surface area contributed by atoms with Crippen molar-refractivity contribution in [3.05, 3.63) is 47.9 Å². The average Bonchev–Trinajstić information content (AvgIpc) is 3.28. The van der Waals surface area contributed by atoms with E-state index in [0.29, 0.717) is 5.56 Å². The van der Waals surface area contributed by atoms with Crippen LogP contribution in [-0.4, -0.2) is 44.1 Å². The molecule has 1 aromatic carbocycles. The van der Waals surface area contributed by atoms with Crippen LogP contribution < -0.4 is 9.08 Å². The predicted octanol–water partition coefficient (Wildman–Crippen LogP) is 4.30. The van der Waals surface area contributed by atoms with Gasteiger partial charge in [0.05, 0.1) is 18.6 Å². The maximum Gasteiger partial charge on any atom is 0.308 e. The summed E-state index contributed by atoms with van der Waals surface area (Å²) in [5.41, 5.74) is 1.50. The molecule has 0 aliphatic rings. The number of carbonyl (C=O) groups excluding carboxylic acids is 1. The highest BCUT2D eigenvalue weighted by atomic mass is 32.2. The lowest BCUT2D eigenvalue weighted by Crippen LogP contribution is -2.37. The van der Waals surface area contributed by atoms with Gasteiger partial charge in [-0.3, -0.25) is 4.79 Å². The number of rotatable bonds is 11. The first kappa shape index (κ1) is 23.8. The molecule has 0 saturated carbocycles. The van der Waals surface area contributed by atoms with Gasteiger partial charge in [0.2, 0.25) is 0 Å². The number of hydrogen-bond donors (Lipinski definition) is 0. The Kier molecular flexibility index (Phi) is 8.34. The van der Waals surface area contributed by atoms with Crippen LogP contribution in [-0.2, 0) is 16.7 Å². The van der Waals surface area contributed by atoms with Crippen LogP contribution in [0.3, 0.4) is 0 Å². The third kappa shape index (κ3) is 5.78. The molecule has 1 heterocycles. The molecule has 30 heavy (non-hydrogen) atoms. The molecule has 0 aliphatic heterocycles. The van der Waals surface area contributed by atoms with Crippen molar-refractivity contribution in [3.8, 4) is 5.75 Å². The summed E-state index contributed by atoms with van der Waals surface area (Å²) >= 11 is 0. The van der Waals surface area contributed by atoms with Gasteiger partial charge in [0.15, 0.2) is 5.76 Å². The number of nitrogens with zero attached hydrogens (tertiary/aromatic N) is 2. The van der Waals surface area contributed by atoms with E-state index in [1.807, 2.05) is 39.8 Å². The number of amides is 1. The summed E-state index contributed by atoms with van der Waals surface area (Å²) in [4.78, 5) is 16.8. The molecule has 1 amide bonds. The van der Waals surface area contributed by atoms with Gasteiger partial charge in [-0.2, -0.15) is 8.42 Å². The highest BCUT2D eigenvalue weighted by Crippen LogP contribution is 2.29. The first-order chi connectivity index (χ1) is 14.3. The van der Waals surface area contributed by atoms with Gasteiger partial charge in [0.25, 0.3) is 5.91 Å². The molecular formula is C22H32N2O5S. The molecule has 0 saturated heterocycles. The molecular weight excluding hydrogens is 404 g/mol. The number of benzene rings is 1. The smallest absolute Gasteiger partial charge is 0.308 e. The minimum Gasteiger partial charge on any atom is -0.459 e. The van der Waals surface area contributed by atoms with Gasteiger partial charge in [-0.15, -0.1) is 0 Å². The Balaban J connectivity index is 2.46. The zero-order valence-corrected chi connectivity index (χ0v) is 19.2. The lowest BCUT2D eigenvalue weighted by molar-refractivity contribution is 0.0638. The summed E-state index contributed by atoms with van der Waals surface area (Å²) in [6, 6.07) is 8.73. The monoisotopic (exact) mass is 436 g/mol. The molecule has 0 aliphatic carbocycles. The number of furan rings is 1. The topological polar surface area (TPSA) is 80.1 Å². The molecule has 0 fully saturated rings. The van der Waals surface area contributed by atoms with Gasteiger partial charge in [0.1, 0.15) is 5.75 Å². The fraction of sp³-hybridized carbons (Fsp3) is 0.500. The largest absolute Gasteiger partial charge is 0.459 e. The van der Waals surface area contributed by atoms with E-state index >= 15 is 0 Å². The molecule has 2 aromatic rings. The summed E-state index contributed by atoms with van der Waals surface area (Å²) in [5, 5.41) is 0. The second-order valence-electron chi connectivity index (χ2n) is 7.06.